The van der Waals surface area contributed by atoms with E-state index in [1.807, 2.05) is 43.3 Å². The van der Waals surface area contributed by atoms with Crippen molar-refractivity contribution in [2.24, 2.45) is 4.99 Å². The number of nitrogens with one attached hydrogen (secondary N) is 2. The molecule has 120 valence electrons. The first-order valence-corrected chi connectivity index (χ1v) is 7.45. The average Bonchev–Trinajstić information content (AvgIpc) is 2.99. The molecule has 0 atom stereocenters. The Balaban J connectivity index is 0.00000242. The number of hydrogen-bond acceptors (Lipinski definition) is 2. The van der Waals surface area contributed by atoms with Crippen LogP contribution in [0.15, 0.2) is 52.1 Å². The summed E-state index contributed by atoms with van der Waals surface area (Å²) in [7, 11) is 0. The summed E-state index contributed by atoms with van der Waals surface area (Å²) in [6.45, 7) is 4.17. The molecule has 1 aromatic carbocycles. The van der Waals surface area contributed by atoms with Crippen LogP contribution in [-0.2, 0) is 13.0 Å². The molecule has 0 bridgehead atoms. The summed E-state index contributed by atoms with van der Waals surface area (Å²) in [6, 6.07) is 11.6. The Labute approximate surface area is 153 Å². The lowest BCUT2D eigenvalue weighted by atomic mass is 10.2. The molecular formula is C16H21ClIN3O. The Kier molecular flexibility index (Phi) is 9.00. The Morgan fingerprint density at radius 1 is 1.18 bits per heavy atom. The predicted octanol–water partition coefficient (Wildman–Crippen LogP) is 3.85. The summed E-state index contributed by atoms with van der Waals surface area (Å²) in [5.74, 6) is 1.74. The van der Waals surface area contributed by atoms with Crippen LogP contribution in [0.3, 0.4) is 0 Å². The van der Waals surface area contributed by atoms with E-state index in [-0.39, 0.29) is 24.0 Å². The maximum atomic E-state index is 6.13. The minimum Gasteiger partial charge on any atom is -0.469 e. The molecule has 0 aliphatic carbocycles. The van der Waals surface area contributed by atoms with Gasteiger partial charge in [0.05, 0.1) is 12.8 Å². The number of nitrogens with zero attached hydrogens (tertiary/aromatic N) is 1. The van der Waals surface area contributed by atoms with Gasteiger partial charge in [-0.25, -0.2) is 4.99 Å². The van der Waals surface area contributed by atoms with E-state index in [1.165, 1.54) is 0 Å². The molecule has 2 rings (SSSR count). The van der Waals surface area contributed by atoms with Crippen molar-refractivity contribution in [3.05, 3.63) is 59.0 Å². The number of furan rings is 1. The molecule has 4 nitrogen and oxygen atoms in total. The smallest absolute Gasteiger partial charge is 0.191 e. The summed E-state index contributed by atoms with van der Waals surface area (Å²) >= 11 is 6.13. The second-order valence-corrected chi connectivity index (χ2v) is 4.95. The number of hydrogen-bond donors (Lipinski definition) is 2. The Morgan fingerprint density at radius 2 is 2.00 bits per heavy atom. The molecule has 0 saturated heterocycles. The maximum Gasteiger partial charge on any atom is 0.191 e. The van der Waals surface area contributed by atoms with Gasteiger partial charge in [-0.2, -0.15) is 0 Å². The highest BCUT2D eigenvalue weighted by atomic mass is 127. The van der Waals surface area contributed by atoms with Gasteiger partial charge in [0.15, 0.2) is 5.96 Å². The molecule has 0 aliphatic heterocycles. The number of benzene rings is 1. The number of rotatable bonds is 6. The third-order valence-corrected chi connectivity index (χ3v) is 3.32. The largest absolute Gasteiger partial charge is 0.469 e. The van der Waals surface area contributed by atoms with E-state index in [1.54, 1.807) is 6.26 Å². The third-order valence-electron chi connectivity index (χ3n) is 2.95. The standard InChI is InChI=1S/C16H20ClN3O.HI/c1-2-18-16(19-10-9-14-7-5-11-21-14)20-12-13-6-3-4-8-15(13)17;/h3-8,11H,2,9-10,12H2,1H3,(H2,18,19,20);1H. The van der Waals surface area contributed by atoms with Crippen molar-refractivity contribution in [3.8, 4) is 0 Å². The minimum atomic E-state index is 0. The molecule has 0 amide bonds. The van der Waals surface area contributed by atoms with Crippen molar-refractivity contribution in [2.75, 3.05) is 13.1 Å². The first kappa shape index (κ1) is 18.8. The van der Waals surface area contributed by atoms with Crippen LogP contribution < -0.4 is 10.6 Å². The average molecular weight is 434 g/mol. The highest BCUT2D eigenvalue weighted by Crippen LogP contribution is 2.15. The van der Waals surface area contributed by atoms with E-state index in [9.17, 15) is 0 Å². The van der Waals surface area contributed by atoms with Crippen LogP contribution >= 0.6 is 35.6 Å². The number of aliphatic imine (C=N–C) groups is 1. The minimum absolute atomic E-state index is 0. The molecule has 0 saturated carbocycles. The van der Waals surface area contributed by atoms with Crippen molar-refractivity contribution < 1.29 is 4.42 Å². The summed E-state index contributed by atoms with van der Waals surface area (Å²) in [5, 5.41) is 7.25. The van der Waals surface area contributed by atoms with Gasteiger partial charge in [-0.3, -0.25) is 0 Å². The van der Waals surface area contributed by atoms with Crippen LogP contribution in [0.25, 0.3) is 0 Å². The molecule has 6 heteroatoms. The van der Waals surface area contributed by atoms with Crippen molar-refractivity contribution in [1.82, 2.24) is 10.6 Å². The molecule has 0 unspecified atom stereocenters. The van der Waals surface area contributed by atoms with Gasteiger partial charge in [0, 0.05) is 24.5 Å². The van der Waals surface area contributed by atoms with Gasteiger partial charge in [-0.1, -0.05) is 29.8 Å². The first-order chi connectivity index (χ1) is 10.3. The molecule has 2 aromatic rings. The van der Waals surface area contributed by atoms with E-state index >= 15 is 0 Å². The molecular weight excluding hydrogens is 413 g/mol. The van der Waals surface area contributed by atoms with Crippen LogP contribution in [-0.4, -0.2) is 19.0 Å². The van der Waals surface area contributed by atoms with E-state index in [0.717, 1.165) is 41.8 Å². The molecule has 0 spiro atoms. The van der Waals surface area contributed by atoms with Crippen LogP contribution in [0, 0.1) is 0 Å². The second kappa shape index (κ2) is 10.5. The lowest BCUT2D eigenvalue weighted by Gasteiger charge is -2.11. The molecule has 2 N–H and O–H groups in total. The van der Waals surface area contributed by atoms with Gasteiger partial charge in [0.25, 0.3) is 0 Å². The first-order valence-electron chi connectivity index (χ1n) is 7.07. The molecule has 22 heavy (non-hydrogen) atoms. The fourth-order valence-electron chi connectivity index (χ4n) is 1.89. The number of guanidine groups is 1. The highest BCUT2D eigenvalue weighted by Gasteiger charge is 2.01. The van der Waals surface area contributed by atoms with E-state index in [0.29, 0.717) is 6.54 Å². The van der Waals surface area contributed by atoms with Crippen LogP contribution in [0.2, 0.25) is 5.02 Å². The van der Waals surface area contributed by atoms with Crippen molar-refractivity contribution in [1.29, 1.82) is 0 Å². The fraction of sp³-hybridized carbons (Fsp3) is 0.312. The Bertz CT molecular complexity index is 573. The monoisotopic (exact) mass is 433 g/mol. The lowest BCUT2D eigenvalue weighted by Crippen LogP contribution is -2.38. The predicted molar refractivity (Wildman–Crippen MR) is 102 cm³/mol. The van der Waals surface area contributed by atoms with Crippen molar-refractivity contribution >= 4 is 41.5 Å². The molecule has 1 aromatic heterocycles. The third kappa shape index (κ3) is 6.27. The van der Waals surface area contributed by atoms with Gasteiger partial charge < -0.3 is 15.1 Å². The summed E-state index contributed by atoms with van der Waals surface area (Å²) < 4.78 is 5.30. The molecule has 0 radical (unpaired) electrons. The molecule has 0 fully saturated rings. The molecule has 1 heterocycles. The fourth-order valence-corrected chi connectivity index (χ4v) is 2.09. The lowest BCUT2D eigenvalue weighted by molar-refractivity contribution is 0.507. The number of halogens is 2. The van der Waals surface area contributed by atoms with Gasteiger partial charge in [-0.15, -0.1) is 24.0 Å². The summed E-state index contributed by atoms with van der Waals surface area (Å²) in [5.41, 5.74) is 1.02. The SMILES string of the molecule is CCNC(=NCc1ccccc1Cl)NCCc1ccco1.I. The van der Waals surface area contributed by atoms with Crippen LogP contribution in [0.4, 0.5) is 0 Å². The molecule has 0 aliphatic rings. The highest BCUT2D eigenvalue weighted by molar-refractivity contribution is 14.0. The second-order valence-electron chi connectivity index (χ2n) is 4.54. The van der Waals surface area contributed by atoms with Crippen LogP contribution in [0.1, 0.15) is 18.2 Å². The zero-order valence-corrected chi connectivity index (χ0v) is 15.6. The van der Waals surface area contributed by atoms with E-state index in [4.69, 9.17) is 16.0 Å². The maximum absolute atomic E-state index is 6.13. The Morgan fingerprint density at radius 3 is 2.68 bits per heavy atom. The van der Waals surface area contributed by atoms with Gasteiger partial charge in [0.1, 0.15) is 5.76 Å². The van der Waals surface area contributed by atoms with Crippen LogP contribution in [0.5, 0.6) is 0 Å². The van der Waals surface area contributed by atoms with Gasteiger partial charge >= 0.3 is 0 Å². The zero-order valence-electron chi connectivity index (χ0n) is 12.5. The van der Waals surface area contributed by atoms with E-state index < -0.39 is 0 Å². The topological polar surface area (TPSA) is 49.6 Å². The van der Waals surface area contributed by atoms with Crippen molar-refractivity contribution in [2.45, 2.75) is 19.9 Å². The normalized spacial score (nSPS) is 10.9. The quantitative estimate of drug-likeness (QED) is 0.413. The van der Waals surface area contributed by atoms with E-state index in [2.05, 4.69) is 15.6 Å². The van der Waals surface area contributed by atoms with Gasteiger partial charge in [0.2, 0.25) is 0 Å². The zero-order chi connectivity index (χ0) is 14.9. The van der Waals surface area contributed by atoms with Crippen molar-refractivity contribution in [3.63, 3.8) is 0 Å². The summed E-state index contributed by atoms with van der Waals surface area (Å²) in [4.78, 5) is 4.54. The summed E-state index contributed by atoms with van der Waals surface area (Å²) in [6.07, 6.45) is 2.51. The Hall–Kier alpha value is -1.21. The van der Waals surface area contributed by atoms with Gasteiger partial charge in [-0.05, 0) is 30.7 Å².